The number of β-lactam (4-membered cyclic amide) rings is 1. The van der Waals surface area contributed by atoms with Gasteiger partial charge in [0.05, 0.1) is 18.3 Å². The minimum atomic E-state index is -3.19. The van der Waals surface area contributed by atoms with Crippen LogP contribution < -0.4 is 10.0 Å². The summed E-state index contributed by atoms with van der Waals surface area (Å²) in [5.74, 6) is -0.738. The first-order chi connectivity index (χ1) is 17.2. The normalized spacial score (nSPS) is 22.5. The van der Waals surface area contributed by atoms with Gasteiger partial charge in [-0.3, -0.25) is 4.79 Å². The first-order valence-corrected chi connectivity index (χ1v) is 14.2. The van der Waals surface area contributed by atoms with E-state index >= 15 is 0 Å². The quantitative estimate of drug-likeness (QED) is 0.313. The van der Waals surface area contributed by atoms with Crippen LogP contribution in [0.25, 0.3) is 0 Å². The fourth-order valence-electron chi connectivity index (χ4n) is 5.11. The van der Waals surface area contributed by atoms with E-state index in [1.165, 1.54) is 12.1 Å². The van der Waals surface area contributed by atoms with Crippen LogP contribution in [-0.4, -0.2) is 32.2 Å². The van der Waals surface area contributed by atoms with Crippen molar-refractivity contribution in [2.45, 2.75) is 50.2 Å². The first kappa shape index (κ1) is 26.3. The fourth-order valence-corrected chi connectivity index (χ4v) is 5.63. The number of aryl methyl sites for hydroxylation is 1. The number of allylic oxidation sites excluding steroid dienone is 2. The highest BCUT2D eigenvalue weighted by Crippen LogP contribution is 2.48. The molecule has 6 nitrogen and oxygen atoms in total. The zero-order chi connectivity index (χ0) is 25.8. The Kier molecular flexibility index (Phi) is 8.07. The van der Waals surface area contributed by atoms with Crippen molar-refractivity contribution < 1.29 is 22.7 Å². The Hall–Kier alpha value is -2.81. The zero-order valence-electron chi connectivity index (χ0n) is 20.4. The third kappa shape index (κ3) is 5.94. The Labute approximate surface area is 212 Å². The SMILES string of the molecule is CS(=O)(=O)NCCCc1ccc([C@@]2(C3=CCCC=C3)NC(=O)[C@@H]2CC[C@H](O)c2ccc(F)cc2)cc1. The summed E-state index contributed by atoms with van der Waals surface area (Å²) in [4.78, 5) is 12.8. The summed E-state index contributed by atoms with van der Waals surface area (Å²) in [6.45, 7) is 0.386. The van der Waals surface area contributed by atoms with E-state index in [0.717, 1.165) is 42.2 Å². The lowest BCUT2D eigenvalue weighted by Crippen LogP contribution is -2.67. The topological polar surface area (TPSA) is 95.5 Å². The van der Waals surface area contributed by atoms with Crippen molar-refractivity contribution >= 4 is 15.9 Å². The molecular weight excluding hydrogens is 479 g/mol. The molecule has 0 radical (unpaired) electrons. The van der Waals surface area contributed by atoms with Gasteiger partial charge >= 0.3 is 0 Å². The second kappa shape index (κ2) is 11.1. The summed E-state index contributed by atoms with van der Waals surface area (Å²) in [7, 11) is -3.19. The van der Waals surface area contributed by atoms with Crippen molar-refractivity contribution in [2.75, 3.05) is 12.8 Å². The van der Waals surface area contributed by atoms with Crippen LogP contribution in [-0.2, 0) is 26.8 Å². The molecule has 3 N–H and O–H groups in total. The lowest BCUT2D eigenvalue weighted by molar-refractivity contribution is -0.140. The van der Waals surface area contributed by atoms with Gasteiger partial charge in [-0.1, -0.05) is 54.6 Å². The highest BCUT2D eigenvalue weighted by molar-refractivity contribution is 7.88. The summed E-state index contributed by atoms with van der Waals surface area (Å²) < 4.78 is 38.3. The summed E-state index contributed by atoms with van der Waals surface area (Å²) >= 11 is 0. The minimum Gasteiger partial charge on any atom is -0.388 e. The van der Waals surface area contributed by atoms with Gasteiger partial charge in [0.15, 0.2) is 0 Å². The number of aliphatic hydroxyl groups is 1. The number of rotatable bonds is 11. The standard InChI is InChI=1S/C28H33FN2O4S/c1-36(34,35)30-19-5-6-20-9-13-23(14-10-20)28(22-7-3-2-4-8-22)25(27(33)31-28)17-18-26(32)21-11-15-24(29)16-12-21/h3,7-16,25-26,30,32H,2,4-6,17-19H2,1H3,(H,31,33)/t25-,26-,28+/m0/s1. The van der Waals surface area contributed by atoms with Crippen molar-refractivity contribution in [3.63, 3.8) is 0 Å². The molecule has 36 heavy (non-hydrogen) atoms. The molecule has 0 unspecified atom stereocenters. The second-order valence-corrected chi connectivity index (χ2v) is 11.4. The largest absolute Gasteiger partial charge is 0.388 e. The maximum absolute atomic E-state index is 13.3. The molecule has 8 heteroatoms. The van der Waals surface area contributed by atoms with Gasteiger partial charge in [0.2, 0.25) is 15.9 Å². The maximum atomic E-state index is 13.3. The first-order valence-electron chi connectivity index (χ1n) is 12.4. The number of sulfonamides is 1. The molecule has 1 fully saturated rings. The van der Waals surface area contributed by atoms with Gasteiger partial charge in [-0.25, -0.2) is 17.5 Å². The van der Waals surface area contributed by atoms with Crippen molar-refractivity contribution in [3.8, 4) is 0 Å². The van der Waals surface area contributed by atoms with E-state index in [9.17, 15) is 22.7 Å². The van der Waals surface area contributed by atoms with Crippen LogP contribution in [0.2, 0.25) is 0 Å². The average Bonchev–Trinajstić information content (AvgIpc) is 2.86. The lowest BCUT2D eigenvalue weighted by Gasteiger charge is -2.51. The predicted molar refractivity (Wildman–Crippen MR) is 138 cm³/mol. The summed E-state index contributed by atoms with van der Waals surface area (Å²) in [5.41, 5.74) is 3.10. The molecule has 3 atom stereocenters. The molecule has 1 saturated heterocycles. The third-order valence-electron chi connectivity index (χ3n) is 7.01. The van der Waals surface area contributed by atoms with E-state index in [4.69, 9.17) is 0 Å². The van der Waals surface area contributed by atoms with Gasteiger partial charge in [0.25, 0.3) is 0 Å². The molecule has 4 rings (SSSR count). The van der Waals surface area contributed by atoms with Crippen LogP contribution in [0.4, 0.5) is 4.39 Å². The van der Waals surface area contributed by atoms with Crippen molar-refractivity contribution in [2.24, 2.45) is 5.92 Å². The van der Waals surface area contributed by atoms with E-state index in [1.807, 2.05) is 24.3 Å². The van der Waals surface area contributed by atoms with Gasteiger partial charge < -0.3 is 10.4 Å². The van der Waals surface area contributed by atoms with E-state index < -0.39 is 21.7 Å². The lowest BCUT2D eigenvalue weighted by atomic mass is 9.63. The molecule has 1 aliphatic carbocycles. The maximum Gasteiger partial charge on any atom is 0.227 e. The Morgan fingerprint density at radius 1 is 1.14 bits per heavy atom. The average molecular weight is 513 g/mol. The van der Waals surface area contributed by atoms with Crippen LogP contribution in [0, 0.1) is 11.7 Å². The van der Waals surface area contributed by atoms with Gasteiger partial charge in [0, 0.05) is 6.54 Å². The number of hydrogen-bond donors (Lipinski definition) is 3. The van der Waals surface area contributed by atoms with Crippen LogP contribution in [0.15, 0.2) is 72.3 Å². The highest BCUT2D eigenvalue weighted by Gasteiger charge is 2.55. The van der Waals surface area contributed by atoms with Crippen LogP contribution in [0.3, 0.4) is 0 Å². The molecule has 2 aromatic carbocycles. The number of carbonyl (C=O) groups excluding carboxylic acids is 1. The van der Waals surface area contributed by atoms with E-state index in [-0.39, 0.29) is 17.6 Å². The van der Waals surface area contributed by atoms with Crippen LogP contribution in [0.5, 0.6) is 0 Å². The molecule has 2 aliphatic rings. The molecule has 1 amide bonds. The van der Waals surface area contributed by atoms with E-state index in [2.05, 4.69) is 28.3 Å². The molecule has 0 aromatic heterocycles. The number of amides is 1. The molecule has 0 saturated carbocycles. The number of carbonyl (C=O) groups is 1. The number of hydrogen-bond acceptors (Lipinski definition) is 4. The predicted octanol–water partition coefficient (Wildman–Crippen LogP) is 4.04. The number of nitrogens with one attached hydrogen (secondary N) is 2. The van der Waals surface area contributed by atoms with E-state index in [1.54, 1.807) is 12.1 Å². The molecule has 2 aromatic rings. The fraction of sp³-hybridized carbons (Fsp3) is 0.393. The monoisotopic (exact) mass is 512 g/mol. The molecule has 1 aliphatic heterocycles. The Morgan fingerprint density at radius 3 is 2.47 bits per heavy atom. The summed E-state index contributed by atoms with van der Waals surface area (Å²) in [5, 5.41) is 13.9. The smallest absolute Gasteiger partial charge is 0.227 e. The van der Waals surface area contributed by atoms with Crippen LogP contribution >= 0.6 is 0 Å². The van der Waals surface area contributed by atoms with Crippen LogP contribution in [0.1, 0.15) is 54.9 Å². The molecular formula is C28H33FN2O4S. The third-order valence-corrected chi connectivity index (χ3v) is 7.74. The molecule has 0 bridgehead atoms. The Bertz CT molecular complexity index is 1240. The number of halogens is 1. The number of benzene rings is 2. The zero-order valence-corrected chi connectivity index (χ0v) is 21.2. The minimum absolute atomic E-state index is 0.0443. The molecule has 0 spiro atoms. The van der Waals surface area contributed by atoms with Crippen molar-refractivity contribution in [1.29, 1.82) is 0 Å². The number of aliphatic hydroxyl groups excluding tert-OH is 1. The van der Waals surface area contributed by atoms with Crippen molar-refractivity contribution in [1.82, 2.24) is 10.0 Å². The second-order valence-electron chi connectivity index (χ2n) is 9.60. The molecule has 1 heterocycles. The molecule has 192 valence electrons. The van der Waals surface area contributed by atoms with Gasteiger partial charge in [-0.2, -0.15) is 0 Å². The van der Waals surface area contributed by atoms with Gasteiger partial charge in [-0.05, 0) is 72.9 Å². The Morgan fingerprint density at radius 2 is 1.86 bits per heavy atom. The van der Waals surface area contributed by atoms with E-state index in [0.29, 0.717) is 31.4 Å². The Balaban J connectivity index is 1.51. The summed E-state index contributed by atoms with van der Waals surface area (Å²) in [6.07, 6.45) is 10.9. The summed E-state index contributed by atoms with van der Waals surface area (Å²) in [6, 6.07) is 13.9. The van der Waals surface area contributed by atoms with Gasteiger partial charge in [0.1, 0.15) is 11.4 Å². The highest BCUT2D eigenvalue weighted by atomic mass is 32.2. The van der Waals surface area contributed by atoms with Crippen molar-refractivity contribution in [3.05, 3.63) is 94.8 Å². The van der Waals surface area contributed by atoms with Gasteiger partial charge in [-0.15, -0.1) is 0 Å².